The van der Waals surface area contributed by atoms with Crippen molar-refractivity contribution in [3.63, 3.8) is 0 Å². The summed E-state index contributed by atoms with van der Waals surface area (Å²) >= 11 is 0. The Kier molecular flexibility index (Phi) is 3.95. The summed E-state index contributed by atoms with van der Waals surface area (Å²) in [5, 5.41) is 3.32. The Labute approximate surface area is 113 Å². The number of fused-ring (bicyclic) bond motifs is 1. The molecular weight excluding hydrogens is 244 g/mol. The lowest BCUT2D eigenvalue weighted by Crippen LogP contribution is -2.42. The molecule has 0 aromatic heterocycles. The van der Waals surface area contributed by atoms with Crippen molar-refractivity contribution in [3.05, 3.63) is 23.8 Å². The van der Waals surface area contributed by atoms with Crippen LogP contribution in [0.4, 0.5) is 0 Å². The molecule has 1 aromatic rings. The summed E-state index contributed by atoms with van der Waals surface area (Å²) in [5.41, 5.74) is 5.83. The maximum atomic E-state index is 11.3. The van der Waals surface area contributed by atoms with Crippen LogP contribution in [0.15, 0.2) is 18.2 Å². The van der Waals surface area contributed by atoms with Crippen LogP contribution in [0.3, 0.4) is 0 Å². The van der Waals surface area contributed by atoms with Crippen LogP contribution in [0.2, 0.25) is 0 Å². The molecule has 5 nitrogen and oxygen atoms in total. The van der Waals surface area contributed by atoms with Gasteiger partial charge in [-0.15, -0.1) is 0 Å². The lowest BCUT2D eigenvalue weighted by molar-refractivity contribution is -0.119. The van der Waals surface area contributed by atoms with Gasteiger partial charge in [0.15, 0.2) is 11.5 Å². The van der Waals surface area contributed by atoms with E-state index in [1.807, 2.05) is 32.0 Å². The molecule has 2 rings (SSSR count). The molecule has 0 saturated heterocycles. The van der Waals surface area contributed by atoms with Crippen molar-refractivity contribution >= 4 is 5.91 Å². The van der Waals surface area contributed by atoms with Crippen molar-refractivity contribution in [1.82, 2.24) is 5.32 Å². The molecule has 0 spiro atoms. The molecule has 1 unspecified atom stereocenters. The van der Waals surface area contributed by atoms with Crippen molar-refractivity contribution in [1.29, 1.82) is 0 Å². The van der Waals surface area contributed by atoms with Crippen LogP contribution >= 0.6 is 0 Å². The smallest absolute Gasteiger partial charge is 0.219 e. The van der Waals surface area contributed by atoms with Gasteiger partial charge in [-0.05, 0) is 31.2 Å². The van der Waals surface area contributed by atoms with Crippen molar-refractivity contribution < 1.29 is 14.3 Å². The molecule has 19 heavy (non-hydrogen) atoms. The third kappa shape index (κ3) is 2.98. The number of ether oxygens (including phenoxy) is 2. The van der Waals surface area contributed by atoms with Crippen LogP contribution in [0.25, 0.3) is 0 Å². The number of hydrogen-bond acceptors (Lipinski definition) is 4. The van der Waals surface area contributed by atoms with Gasteiger partial charge in [0.05, 0.1) is 0 Å². The SMILES string of the molecule is CCNC(C)(CC(N)=O)c1ccc2c(c1)OCCO2. The van der Waals surface area contributed by atoms with Crippen LogP contribution in [0.1, 0.15) is 25.8 Å². The van der Waals surface area contributed by atoms with Gasteiger partial charge < -0.3 is 20.5 Å². The van der Waals surface area contributed by atoms with Gasteiger partial charge in [-0.1, -0.05) is 13.0 Å². The summed E-state index contributed by atoms with van der Waals surface area (Å²) in [4.78, 5) is 11.3. The zero-order chi connectivity index (χ0) is 13.9. The van der Waals surface area contributed by atoms with E-state index in [1.54, 1.807) is 0 Å². The molecule has 0 aliphatic carbocycles. The van der Waals surface area contributed by atoms with Crippen LogP contribution in [0, 0.1) is 0 Å². The Bertz CT molecular complexity index is 476. The largest absolute Gasteiger partial charge is 0.486 e. The normalized spacial score (nSPS) is 16.7. The lowest BCUT2D eigenvalue weighted by atomic mass is 9.88. The van der Waals surface area contributed by atoms with Gasteiger partial charge in [-0.25, -0.2) is 0 Å². The first-order valence-electron chi connectivity index (χ1n) is 6.48. The number of carbonyl (C=O) groups is 1. The van der Waals surface area contributed by atoms with Gasteiger partial charge in [-0.2, -0.15) is 0 Å². The lowest BCUT2D eigenvalue weighted by Gasteiger charge is -2.31. The number of nitrogens with one attached hydrogen (secondary N) is 1. The number of hydrogen-bond donors (Lipinski definition) is 2. The van der Waals surface area contributed by atoms with Crippen LogP contribution in [-0.4, -0.2) is 25.7 Å². The summed E-state index contributed by atoms with van der Waals surface area (Å²) < 4.78 is 11.1. The number of amides is 1. The standard InChI is InChI=1S/C14H20N2O3/c1-3-16-14(2,9-13(15)17)10-4-5-11-12(8-10)19-7-6-18-11/h4-5,8,16H,3,6-7,9H2,1-2H3,(H2,15,17). The Morgan fingerprint density at radius 3 is 2.68 bits per heavy atom. The molecular formula is C14H20N2O3. The Balaban J connectivity index is 2.33. The molecule has 104 valence electrons. The molecule has 1 aliphatic rings. The van der Waals surface area contributed by atoms with Gasteiger partial charge >= 0.3 is 0 Å². The number of carbonyl (C=O) groups excluding carboxylic acids is 1. The Morgan fingerprint density at radius 1 is 1.37 bits per heavy atom. The van der Waals surface area contributed by atoms with Gasteiger partial charge in [0.1, 0.15) is 13.2 Å². The van der Waals surface area contributed by atoms with Gasteiger partial charge in [-0.3, -0.25) is 4.79 Å². The monoisotopic (exact) mass is 264 g/mol. The average molecular weight is 264 g/mol. The van der Waals surface area contributed by atoms with Crippen molar-refractivity contribution in [2.75, 3.05) is 19.8 Å². The van der Waals surface area contributed by atoms with Crippen molar-refractivity contribution in [2.45, 2.75) is 25.8 Å². The van der Waals surface area contributed by atoms with Crippen LogP contribution < -0.4 is 20.5 Å². The molecule has 1 heterocycles. The fourth-order valence-corrected chi connectivity index (χ4v) is 2.39. The highest BCUT2D eigenvalue weighted by molar-refractivity contribution is 5.75. The van der Waals surface area contributed by atoms with Crippen molar-refractivity contribution in [3.8, 4) is 11.5 Å². The summed E-state index contributed by atoms with van der Waals surface area (Å²) in [7, 11) is 0. The first-order valence-corrected chi connectivity index (χ1v) is 6.48. The maximum Gasteiger partial charge on any atom is 0.219 e. The maximum absolute atomic E-state index is 11.3. The van der Waals surface area contributed by atoms with Crippen LogP contribution in [0.5, 0.6) is 11.5 Å². The Hall–Kier alpha value is -1.75. The predicted octanol–water partition coefficient (Wildman–Crippen LogP) is 1.16. The fourth-order valence-electron chi connectivity index (χ4n) is 2.39. The minimum absolute atomic E-state index is 0.237. The number of rotatable bonds is 5. The summed E-state index contributed by atoms with van der Waals surface area (Å²) in [6.45, 7) is 5.82. The van der Waals surface area contributed by atoms with E-state index in [0.29, 0.717) is 13.2 Å². The first-order chi connectivity index (χ1) is 9.05. The molecule has 0 fully saturated rings. The summed E-state index contributed by atoms with van der Waals surface area (Å²) in [5.74, 6) is 1.13. The van der Waals surface area contributed by atoms with Crippen molar-refractivity contribution in [2.24, 2.45) is 5.73 Å². The fraction of sp³-hybridized carbons (Fsp3) is 0.500. The van der Waals surface area contributed by atoms with Gasteiger partial charge in [0.2, 0.25) is 5.91 Å². The molecule has 0 bridgehead atoms. The second-order valence-corrected chi connectivity index (χ2v) is 4.86. The van der Waals surface area contributed by atoms with E-state index in [2.05, 4.69) is 5.32 Å². The first kappa shape index (κ1) is 13.7. The molecule has 0 saturated carbocycles. The number of nitrogens with two attached hydrogens (primary N) is 1. The predicted molar refractivity (Wildman–Crippen MR) is 72.3 cm³/mol. The highest BCUT2D eigenvalue weighted by Crippen LogP contribution is 2.35. The van der Waals surface area contributed by atoms with E-state index < -0.39 is 5.54 Å². The Morgan fingerprint density at radius 2 is 2.05 bits per heavy atom. The van der Waals surface area contributed by atoms with E-state index >= 15 is 0 Å². The molecule has 0 radical (unpaired) electrons. The third-order valence-electron chi connectivity index (χ3n) is 3.27. The van der Waals surface area contributed by atoms with E-state index in [0.717, 1.165) is 23.6 Å². The quantitative estimate of drug-likeness (QED) is 0.837. The third-order valence-corrected chi connectivity index (χ3v) is 3.27. The van der Waals surface area contributed by atoms with E-state index in [1.165, 1.54) is 0 Å². The van der Waals surface area contributed by atoms with Crippen LogP contribution in [-0.2, 0) is 10.3 Å². The minimum atomic E-state index is -0.490. The number of benzene rings is 1. The zero-order valence-corrected chi connectivity index (χ0v) is 11.4. The number of primary amides is 1. The summed E-state index contributed by atoms with van der Waals surface area (Å²) in [6, 6.07) is 5.74. The van der Waals surface area contributed by atoms with E-state index in [-0.39, 0.29) is 12.3 Å². The zero-order valence-electron chi connectivity index (χ0n) is 11.4. The molecule has 1 atom stereocenters. The van der Waals surface area contributed by atoms with E-state index in [9.17, 15) is 4.79 Å². The van der Waals surface area contributed by atoms with Gasteiger partial charge in [0, 0.05) is 12.0 Å². The summed E-state index contributed by atoms with van der Waals surface area (Å²) in [6.07, 6.45) is 0.237. The molecule has 1 aromatic carbocycles. The highest BCUT2D eigenvalue weighted by atomic mass is 16.6. The molecule has 1 amide bonds. The van der Waals surface area contributed by atoms with Gasteiger partial charge in [0.25, 0.3) is 0 Å². The second-order valence-electron chi connectivity index (χ2n) is 4.86. The highest BCUT2D eigenvalue weighted by Gasteiger charge is 2.29. The molecule has 5 heteroatoms. The topological polar surface area (TPSA) is 73.6 Å². The molecule has 3 N–H and O–H groups in total. The van der Waals surface area contributed by atoms with E-state index in [4.69, 9.17) is 15.2 Å². The minimum Gasteiger partial charge on any atom is -0.486 e. The second kappa shape index (κ2) is 5.48. The molecule has 1 aliphatic heterocycles. The average Bonchev–Trinajstić information content (AvgIpc) is 2.37.